The molecule has 0 fully saturated rings. The molecule has 0 amide bonds. The van der Waals surface area contributed by atoms with Gasteiger partial charge in [-0.05, 0) is 36.9 Å². The summed E-state index contributed by atoms with van der Waals surface area (Å²) in [7, 11) is 1.86. The number of oxazole rings is 1. The molecular formula is C16H14BrFN2O. The van der Waals surface area contributed by atoms with Gasteiger partial charge in [0.05, 0.1) is 0 Å². The summed E-state index contributed by atoms with van der Waals surface area (Å²) >= 11 is 3.41. The van der Waals surface area contributed by atoms with Crippen molar-refractivity contribution in [2.24, 2.45) is 0 Å². The van der Waals surface area contributed by atoms with Gasteiger partial charge in [0.25, 0.3) is 0 Å². The minimum atomic E-state index is -0.262. The molecule has 3 aromatic rings. The van der Waals surface area contributed by atoms with Gasteiger partial charge in [-0.15, -0.1) is 0 Å². The van der Waals surface area contributed by atoms with E-state index >= 15 is 0 Å². The molecule has 3 rings (SSSR count). The van der Waals surface area contributed by atoms with Crippen molar-refractivity contribution in [3.8, 4) is 0 Å². The molecule has 1 unspecified atom stereocenters. The zero-order valence-electron chi connectivity index (χ0n) is 11.4. The number of aromatic nitrogens is 1. The average Bonchev–Trinajstić information content (AvgIpc) is 2.87. The van der Waals surface area contributed by atoms with Crippen LogP contribution >= 0.6 is 15.9 Å². The van der Waals surface area contributed by atoms with Crippen LogP contribution in [0.25, 0.3) is 11.1 Å². The smallest absolute Gasteiger partial charge is 0.197 e. The predicted octanol–water partition coefficient (Wildman–Crippen LogP) is 4.23. The molecule has 0 spiro atoms. The molecule has 0 aliphatic heterocycles. The van der Waals surface area contributed by atoms with Crippen molar-refractivity contribution < 1.29 is 8.81 Å². The van der Waals surface area contributed by atoms with Crippen LogP contribution in [0.1, 0.15) is 17.5 Å². The van der Waals surface area contributed by atoms with Crippen LogP contribution in [0.15, 0.2) is 51.4 Å². The summed E-state index contributed by atoms with van der Waals surface area (Å²) in [4.78, 5) is 4.48. The summed E-state index contributed by atoms with van der Waals surface area (Å²) in [6, 6.07) is 12.3. The number of para-hydroxylation sites is 2. The second-order valence-electron chi connectivity index (χ2n) is 4.79. The molecule has 21 heavy (non-hydrogen) atoms. The molecule has 108 valence electrons. The van der Waals surface area contributed by atoms with Crippen molar-refractivity contribution in [1.82, 2.24) is 10.3 Å². The van der Waals surface area contributed by atoms with Gasteiger partial charge in [-0.3, -0.25) is 0 Å². The molecule has 0 aliphatic carbocycles. The van der Waals surface area contributed by atoms with E-state index in [0.29, 0.717) is 12.3 Å². The largest absolute Gasteiger partial charge is 0.441 e. The molecule has 0 bridgehead atoms. The number of benzene rings is 2. The number of rotatable bonds is 4. The highest BCUT2D eigenvalue weighted by Gasteiger charge is 2.17. The number of hydrogen-bond acceptors (Lipinski definition) is 3. The zero-order chi connectivity index (χ0) is 14.8. The molecule has 2 aromatic carbocycles. The van der Waals surface area contributed by atoms with Crippen LogP contribution in [-0.2, 0) is 6.42 Å². The third-order valence-electron chi connectivity index (χ3n) is 3.40. The van der Waals surface area contributed by atoms with Crippen LogP contribution in [0.5, 0.6) is 0 Å². The van der Waals surface area contributed by atoms with E-state index in [9.17, 15) is 4.39 Å². The van der Waals surface area contributed by atoms with Crippen molar-refractivity contribution in [1.29, 1.82) is 0 Å². The first-order chi connectivity index (χ1) is 10.2. The number of hydrogen-bond donors (Lipinski definition) is 1. The molecule has 0 aliphatic rings. The molecule has 5 heteroatoms. The van der Waals surface area contributed by atoms with Gasteiger partial charge in [0.15, 0.2) is 11.5 Å². The zero-order valence-corrected chi connectivity index (χ0v) is 13.0. The Morgan fingerprint density at radius 2 is 2.10 bits per heavy atom. The lowest BCUT2D eigenvalue weighted by Crippen LogP contribution is -2.19. The first-order valence-corrected chi connectivity index (χ1v) is 7.43. The normalized spacial score (nSPS) is 12.7. The summed E-state index contributed by atoms with van der Waals surface area (Å²) < 4.78 is 19.7. The second kappa shape index (κ2) is 5.95. The number of nitrogens with zero attached hydrogens (tertiary/aromatic N) is 1. The van der Waals surface area contributed by atoms with Gasteiger partial charge in [0.2, 0.25) is 0 Å². The van der Waals surface area contributed by atoms with Crippen LogP contribution in [0.2, 0.25) is 0 Å². The highest BCUT2D eigenvalue weighted by atomic mass is 79.9. The molecule has 1 atom stereocenters. The Bertz CT molecular complexity index is 739. The Morgan fingerprint density at radius 1 is 1.29 bits per heavy atom. The molecule has 1 N–H and O–H groups in total. The topological polar surface area (TPSA) is 38.1 Å². The van der Waals surface area contributed by atoms with Crippen molar-refractivity contribution in [2.45, 2.75) is 12.5 Å². The predicted molar refractivity (Wildman–Crippen MR) is 83.6 cm³/mol. The van der Waals surface area contributed by atoms with Gasteiger partial charge < -0.3 is 9.73 Å². The Labute approximate surface area is 130 Å². The lowest BCUT2D eigenvalue weighted by atomic mass is 10.0. The van der Waals surface area contributed by atoms with Crippen LogP contribution in [-0.4, -0.2) is 12.0 Å². The van der Waals surface area contributed by atoms with Crippen LogP contribution in [0.4, 0.5) is 4.39 Å². The maximum atomic E-state index is 13.2. The minimum absolute atomic E-state index is 0.00645. The van der Waals surface area contributed by atoms with Crippen LogP contribution in [0, 0.1) is 5.82 Å². The van der Waals surface area contributed by atoms with Gasteiger partial charge in [-0.1, -0.05) is 34.1 Å². The van der Waals surface area contributed by atoms with E-state index < -0.39 is 0 Å². The maximum absolute atomic E-state index is 13.2. The maximum Gasteiger partial charge on any atom is 0.197 e. The molecule has 3 nitrogen and oxygen atoms in total. The van der Waals surface area contributed by atoms with E-state index in [-0.39, 0.29) is 11.9 Å². The molecule has 0 saturated heterocycles. The van der Waals surface area contributed by atoms with Gasteiger partial charge in [-0.2, -0.15) is 0 Å². The first kappa shape index (κ1) is 14.2. The van der Waals surface area contributed by atoms with E-state index in [0.717, 1.165) is 21.1 Å². The van der Waals surface area contributed by atoms with Crippen LogP contribution < -0.4 is 5.32 Å². The minimum Gasteiger partial charge on any atom is -0.441 e. The SMILES string of the molecule is CNC(Cc1nc2ccccc2o1)c1ccc(F)cc1Br. The van der Waals surface area contributed by atoms with E-state index in [1.807, 2.05) is 31.3 Å². The summed E-state index contributed by atoms with van der Waals surface area (Å²) in [6.07, 6.45) is 0.593. The van der Waals surface area contributed by atoms with Gasteiger partial charge in [-0.25, -0.2) is 9.37 Å². The van der Waals surface area contributed by atoms with Crippen molar-refractivity contribution >= 4 is 27.0 Å². The molecular weight excluding hydrogens is 335 g/mol. The highest BCUT2D eigenvalue weighted by molar-refractivity contribution is 9.10. The monoisotopic (exact) mass is 348 g/mol. The number of nitrogens with one attached hydrogen (secondary N) is 1. The quantitative estimate of drug-likeness (QED) is 0.766. The third-order valence-corrected chi connectivity index (χ3v) is 4.09. The number of likely N-dealkylation sites (N-methyl/N-ethyl adjacent to an activating group) is 1. The number of halogens is 2. The van der Waals surface area contributed by atoms with Crippen molar-refractivity contribution in [3.63, 3.8) is 0 Å². The standard InChI is InChI=1S/C16H14BrFN2O/c1-19-14(11-7-6-10(18)8-12(11)17)9-16-20-13-4-2-3-5-15(13)21-16/h2-8,14,19H,9H2,1H3. The lowest BCUT2D eigenvalue weighted by molar-refractivity contribution is 0.472. The summed E-state index contributed by atoms with van der Waals surface area (Å²) in [5.74, 6) is 0.397. The molecule has 1 heterocycles. The fourth-order valence-corrected chi connectivity index (χ4v) is 2.96. The molecule has 0 radical (unpaired) electrons. The summed E-state index contributed by atoms with van der Waals surface area (Å²) in [6.45, 7) is 0. The number of fused-ring (bicyclic) bond motifs is 1. The highest BCUT2D eigenvalue weighted by Crippen LogP contribution is 2.27. The average molecular weight is 349 g/mol. The first-order valence-electron chi connectivity index (χ1n) is 6.64. The van der Waals surface area contributed by atoms with Gasteiger partial charge in [0.1, 0.15) is 11.3 Å². The van der Waals surface area contributed by atoms with Gasteiger partial charge >= 0.3 is 0 Å². The molecule has 0 saturated carbocycles. The summed E-state index contributed by atoms with van der Waals surface area (Å²) in [5.41, 5.74) is 2.60. The fraction of sp³-hybridized carbons (Fsp3) is 0.188. The van der Waals surface area contributed by atoms with Crippen LogP contribution in [0.3, 0.4) is 0 Å². The fourth-order valence-electron chi connectivity index (χ4n) is 2.33. The summed E-state index contributed by atoms with van der Waals surface area (Å²) in [5, 5.41) is 3.22. The van der Waals surface area contributed by atoms with E-state index in [1.165, 1.54) is 12.1 Å². The second-order valence-corrected chi connectivity index (χ2v) is 5.64. The van der Waals surface area contributed by atoms with Crippen molar-refractivity contribution in [3.05, 3.63) is 64.2 Å². The van der Waals surface area contributed by atoms with E-state index in [1.54, 1.807) is 6.07 Å². The van der Waals surface area contributed by atoms with Gasteiger partial charge in [0, 0.05) is 16.9 Å². The lowest BCUT2D eigenvalue weighted by Gasteiger charge is -2.16. The third kappa shape index (κ3) is 2.99. The Balaban J connectivity index is 1.90. The molecule has 1 aromatic heterocycles. The Kier molecular flexibility index (Phi) is 4.03. The Hall–Kier alpha value is -1.72. The van der Waals surface area contributed by atoms with E-state index in [4.69, 9.17) is 4.42 Å². The van der Waals surface area contributed by atoms with Crippen molar-refractivity contribution in [2.75, 3.05) is 7.05 Å². The Morgan fingerprint density at radius 3 is 2.81 bits per heavy atom. The van der Waals surface area contributed by atoms with E-state index in [2.05, 4.69) is 26.2 Å².